The summed E-state index contributed by atoms with van der Waals surface area (Å²) in [5.74, 6) is -0.934. The Morgan fingerprint density at radius 3 is 2.25 bits per heavy atom. The monoisotopic (exact) mass is 226 g/mol. The van der Waals surface area contributed by atoms with Gasteiger partial charge in [-0.2, -0.15) is 0 Å². The summed E-state index contributed by atoms with van der Waals surface area (Å²) in [6.45, 7) is 9.02. The Morgan fingerprint density at radius 1 is 1.25 bits per heavy atom. The van der Waals surface area contributed by atoms with Crippen molar-refractivity contribution in [1.82, 2.24) is 4.90 Å². The third-order valence-electron chi connectivity index (χ3n) is 3.29. The largest absolute Gasteiger partial charge is 0.361 e. The lowest BCUT2D eigenvalue weighted by Crippen LogP contribution is -2.55. The first kappa shape index (κ1) is 13.0. The molecule has 92 valence electrons. The molecule has 1 rings (SSSR count). The summed E-state index contributed by atoms with van der Waals surface area (Å²) >= 11 is 0. The van der Waals surface area contributed by atoms with Crippen LogP contribution in [-0.2, 0) is 9.59 Å². The standard InChI is InChI=1S/C12H22N2O2/c1-8-5-6-9(12(2,3)4)14(7-8)11(16)10(13)15/h8-9H,5-7H2,1-4H3,(H2,13,15)/t8-,9+/m0/s1. The van der Waals surface area contributed by atoms with E-state index in [2.05, 4.69) is 27.7 Å². The van der Waals surface area contributed by atoms with Gasteiger partial charge in [0.15, 0.2) is 0 Å². The molecule has 0 unspecified atom stereocenters. The van der Waals surface area contributed by atoms with Crippen LogP contribution in [0.1, 0.15) is 40.5 Å². The molecule has 2 atom stereocenters. The van der Waals surface area contributed by atoms with Crippen molar-refractivity contribution in [1.29, 1.82) is 0 Å². The molecule has 0 saturated carbocycles. The number of hydrogen-bond donors (Lipinski definition) is 1. The first-order chi connectivity index (χ1) is 7.23. The van der Waals surface area contributed by atoms with E-state index in [1.807, 2.05) is 0 Å². The van der Waals surface area contributed by atoms with Crippen LogP contribution in [0, 0.1) is 11.3 Å². The molecule has 1 heterocycles. The van der Waals surface area contributed by atoms with Crippen LogP contribution < -0.4 is 5.73 Å². The normalized spacial score (nSPS) is 26.6. The van der Waals surface area contributed by atoms with Gasteiger partial charge in [0.25, 0.3) is 0 Å². The van der Waals surface area contributed by atoms with Gasteiger partial charge in [0, 0.05) is 12.6 Å². The van der Waals surface area contributed by atoms with E-state index in [4.69, 9.17) is 5.73 Å². The topological polar surface area (TPSA) is 63.4 Å². The Hall–Kier alpha value is -1.06. The molecule has 1 fully saturated rings. The quantitative estimate of drug-likeness (QED) is 0.630. The van der Waals surface area contributed by atoms with Crippen molar-refractivity contribution in [3.8, 4) is 0 Å². The number of rotatable bonds is 0. The zero-order valence-electron chi connectivity index (χ0n) is 10.6. The van der Waals surface area contributed by atoms with E-state index in [-0.39, 0.29) is 11.5 Å². The van der Waals surface area contributed by atoms with Gasteiger partial charge in [-0.05, 0) is 24.2 Å². The van der Waals surface area contributed by atoms with E-state index in [9.17, 15) is 9.59 Å². The summed E-state index contributed by atoms with van der Waals surface area (Å²) in [5, 5.41) is 0. The maximum absolute atomic E-state index is 11.8. The minimum Gasteiger partial charge on any atom is -0.361 e. The molecule has 4 heteroatoms. The summed E-state index contributed by atoms with van der Waals surface area (Å²) in [4.78, 5) is 24.4. The Balaban J connectivity index is 2.90. The highest BCUT2D eigenvalue weighted by molar-refractivity contribution is 6.34. The van der Waals surface area contributed by atoms with Crippen molar-refractivity contribution < 1.29 is 9.59 Å². The number of carbonyl (C=O) groups excluding carboxylic acids is 2. The Kier molecular flexibility index (Phi) is 3.61. The number of amides is 2. The highest BCUT2D eigenvalue weighted by Gasteiger charge is 2.38. The summed E-state index contributed by atoms with van der Waals surface area (Å²) in [6, 6.07) is 0.115. The number of carbonyl (C=O) groups is 2. The van der Waals surface area contributed by atoms with Gasteiger partial charge in [0.05, 0.1) is 0 Å². The van der Waals surface area contributed by atoms with E-state index in [0.717, 1.165) is 12.8 Å². The van der Waals surface area contributed by atoms with E-state index in [0.29, 0.717) is 12.5 Å². The molecule has 1 aliphatic rings. The van der Waals surface area contributed by atoms with Gasteiger partial charge in [-0.1, -0.05) is 27.7 Å². The summed E-state index contributed by atoms with van der Waals surface area (Å²) in [5.41, 5.74) is 5.08. The molecule has 1 aliphatic heterocycles. The number of hydrogen-bond acceptors (Lipinski definition) is 2. The fraction of sp³-hybridized carbons (Fsp3) is 0.833. The first-order valence-corrected chi connectivity index (χ1v) is 5.84. The lowest BCUT2D eigenvalue weighted by molar-refractivity contribution is -0.149. The molecule has 0 radical (unpaired) electrons. The molecule has 1 saturated heterocycles. The Bertz CT molecular complexity index is 294. The number of piperidine rings is 1. The van der Waals surface area contributed by atoms with Crippen LogP contribution in [0.25, 0.3) is 0 Å². The van der Waals surface area contributed by atoms with Gasteiger partial charge >= 0.3 is 11.8 Å². The lowest BCUT2D eigenvalue weighted by Gasteiger charge is -2.44. The molecule has 0 bridgehead atoms. The molecule has 4 nitrogen and oxygen atoms in total. The molecule has 0 aromatic rings. The van der Waals surface area contributed by atoms with Crippen LogP contribution in [0.2, 0.25) is 0 Å². The van der Waals surface area contributed by atoms with Gasteiger partial charge < -0.3 is 10.6 Å². The van der Waals surface area contributed by atoms with Crippen molar-refractivity contribution in [2.24, 2.45) is 17.1 Å². The highest BCUT2D eigenvalue weighted by Crippen LogP contribution is 2.33. The van der Waals surface area contributed by atoms with Gasteiger partial charge in [0.2, 0.25) is 0 Å². The van der Waals surface area contributed by atoms with Crippen LogP contribution >= 0.6 is 0 Å². The first-order valence-electron chi connectivity index (χ1n) is 5.84. The maximum Gasteiger partial charge on any atom is 0.311 e. The number of nitrogens with zero attached hydrogens (tertiary/aromatic N) is 1. The highest BCUT2D eigenvalue weighted by atomic mass is 16.2. The van der Waals surface area contributed by atoms with Crippen molar-refractivity contribution in [3.05, 3.63) is 0 Å². The molecule has 0 aliphatic carbocycles. The zero-order valence-corrected chi connectivity index (χ0v) is 10.6. The van der Waals surface area contributed by atoms with E-state index >= 15 is 0 Å². The number of primary amides is 1. The molecule has 0 spiro atoms. The van der Waals surface area contributed by atoms with Gasteiger partial charge in [0.1, 0.15) is 0 Å². The summed E-state index contributed by atoms with van der Waals surface area (Å²) in [7, 11) is 0. The fourth-order valence-corrected chi connectivity index (χ4v) is 2.42. The van der Waals surface area contributed by atoms with Gasteiger partial charge in [-0.3, -0.25) is 9.59 Å². The van der Waals surface area contributed by atoms with Crippen molar-refractivity contribution in [2.75, 3.05) is 6.54 Å². The fourth-order valence-electron chi connectivity index (χ4n) is 2.42. The minimum atomic E-state index is -0.844. The summed E-state index contributed by atoms with van der Waals surface area (Å²) < 4.78 is 0. The second-order valence-corrected chi connectivity index (χ2v) is 5.89. The smallest absolute Gasteiger partial charge is 0.311 e. The predicted octanol–water partition coefficient (Wildman–Crippen LogP) is 1.14. The molecular weight excluding hydrogens is 204 g/mol. The lowest BCUT2D eigenvalue weighted by atomic mass is 9.78. The number of likely N-dealkylation sites (tertiary alicyclic amines) is 1. The Morgan fingerprint density at radius 2 is 1.81 bits per heavy atom. The van der Waals surface area contributed by atoms with Crippen LogP contribution in [0.3, 0.4) is 0 Å². The second kappa shape index (κ2) is 4.44. The molecule has 0 aromatic carbocycles. The molecule has 2 amide bonds. The van der Waals surface area contributed by atoms with E-state index < -0.39 is 11.8 Å². The Labute approximate surface area is 97.2 Å². The van der Waals surface area contributed by atoms with Crippen LogP contribution in [0.5, 0.6) is 0 Å². The molecule has 16 heavy (non-hydrogen) atoms. The molecule has 2 N–H and O–H groups in total. The zero-order chi connectivity index (χ0) is 12.5. The molecule has 0 aromatic heterocycles. The van der Waals surface area contributed by atoms with Gasteiger partial charge in [-0.25, -0.2) is 0 Å². The van der Waals surface area contributed by atoms with Gasteiger partial charge in [-0.15, -0.1) is 0 Å². The molecular formula is C12H22N2O2. The van der Waals surface area contributed by atoms with Crippen molar-refractivity contribution in [2.45, 2.75) is 46.6 Å². The average Bonchev–Trinajstić information content (AvgIpc) is 2.14. The van der Waals surface area contributed by atoms with E-state index in [1.54, 1.807) is 4.90 Å². The van der Waals surface area contributed by atoms with Crippen LogP contribution in [0.15, 0.2) is 0 Å². The predicted molar refractivity (Wildman–Crippen MR) is 62.5 cm³/mol. The minimum absolute atomic E-state index is 0.00868. The maximum atomic E-state index is 11.8. The van der Waals surface area contributed by atoms with Crippen molar-refractivity contribution >= 4 is 11.8 Å². The van der Waals surface area contributed by atoms with Crippen LogP contribution in [-0.4, -0.2) is 29.3 Å². The summed E-state index contributed by atoms with van der Waals surface area (Å²) in [6.07, 6.45) is 2.05. The second-order valence-electron chi connectivity index (χ2n) is 5.89. The van der Waals surface area contributed by atoms with Crippen molar-refractivity contribution in [3.63, 3.8) is 0 Å². The number of nitrogens with two attached hydrogens (primary N) is 1. The third-order valence-corrected chi connectivity index (χ3v) is 3.29. The average molecular weight is 226 g/mol. The SMILES string of the molecule is C[C@H]1CC[C@H](C(C)(C)C)N(C(=O)C(N)=O)C1. The van der Waals surface area contributed by atoms with E-state index in [1.165, 1.54) is 0 Å². The third kappa shape index (κ3) is 2.74. The van der Waals surface area contributed by atoms with Crippen LogP contribution in [0.4, 0.5) is 0 Å².